The van der Waals surface area contributed by atoms with Crippen molar-refractivity contribution in [1.82, 2.24) is 29.6 Å². The van der Waals surface area contributed by atoms with Crippen molar-refractivity contribution >= 4 is 5.95 Å². The molecule has 1 fully saturated rings. The smallest absolute Gasteiger partial charge is 0.338 e. The molecule has 0 atom stereocenters. The Morgan fingerprint density at radius 2 is 2.09 bits per heavy atom. The van der Waals surface area contributed by atoms with Crippen LogP contribution in [0.2, 0.25) is 0 Å². The maximum atomic E-state index is 14.1. The first-order valence-electron chi connectivity index (χ1n) is 7.27. The molecule has 1 aliphatic heterocycles. The normalized spacial score (nSPS) is 15.3. The third-order valence-electron chi connectivity index (χ3n) is 3.68. The summed E-state index contributed by atoms with van der Waals surface area (Å²) >= 11 is 0. The molecule has 0 amide bonds. The summed E-state index contributed by atoms with van der Waals surface area (Å²) in [6.45, 7) is 7.13. The molecule has 0 spiro atoms. The van der Waals surface area contributed by atoms with Crippen LogP contribution in [0.25, 0.3) is 5.82 Å². The van der Waals surface area contributed by atoms with Gasteiger partial charge in [-0.25, -0.2) is 14.2 Å². The zero-order valence-corrected chi connectivity index (χ0v) is 12.6. The van der Waals surface area contributed by atoms with E-state index in [0.29, 0.717) is 18.3 Å². The van der Waals surface area contributed by atoms with Gasteiger partial charge in [0.2, 0.25) is 5.95 Å². The third kappa shape index (κ3) is 2.47. The molecule has 8 nitrogen and oxygen atoms in total. The summed E-state index contributed by atoms with van der Waals surface area (Å²) in [4.78, 5) is 22.5. The van der Waals surface area contributed by atoms with Crippen molar-refractivity contribution < 1.29 is 4.39 Å². The monoisotopic (exact) mass is 307 g/mol. The fraction of sp³-hybridized carbons (Fsp3) is 0.538. The summed E-state index contributed by atoms with van der Waals surface area (Å²) in [6, 6.07) is 0. The van der Waals surface area contributed by atoms with Gasteiger partial charge in [0, 0.05) is 32.7 Å². The van der Waals surface area contributed by atoms with Crippen LogP contribution in [0.15, 0.2) is 11.0 Å². The van der Waals surface area contributed by atoms with Gasteiger partial charge in [0.15, 0.2) is 11.6 Å². The highest BCUT2D eigenvalue weighted by atomic mass is 19.1. The van der Waals surface area contributed by atoms with Crippen molar-refractivity contribution in [3.63, 3.8) is 0 Å². The number of nitrogens with zero attached hydrogens (tertiary/aromatic N) is 6. The maximum Gasteiger partial charge on any atom is 0.352 e. The summed E-state index contributed by atoms with van der Waals surface area (Å²) in [5.41, 5.74) is -0.399. The van der Waals surface area contributed by atoms with Crippen LogP contribution in [-0.4, -0.2) is 50.5 Å². The minimum absolute atomic E-state index is 0.108. The Morgan fingerprint density at radius 3 is 2.73 bits per heavy atom. The van der Waals surface area contributed by atoms with Gasteiger partial charge in [-0.15, -0.1) is 5.10 Å². The van der Waals surface area contributed by atoms with E-state index in [1.165, 1.54) is 4.57 Å². The molecule has 1 saturated heterocycles. The van der Waals surface area contributed by atoms with Gasteiger partial charge in [-0.05, 0) is 13.8 Å². The van der Waals surface area contributed by atoms with Crippen LogP contribution in [0.5, 0.6) is 0 Å². The lowest BCUT2D eigenvalue weighted by molar-refractivity contribution is 0.562. The van der Waals surface area contributed by atoms with Crippen LogP contribution < -0.4 is 15.9 Å². The van der Waals surface area contributed by atoms with Gasteiger partial charge in [-0.3, -0.25) is 4.57 Å². The number of hydrogen-bond acceptors (Lipinski definition) is 6. The molecule has 0 radical (unpaired) electrons. The van der Waals surface area contributed by atoms with E-state index in [1.54, 1.807) is 6.92 Å². The van der Waals surface area contributed by atoms with Crippen LogP contribution in [0.4, 0.5) is 10.3 Å². The summed E-state index contributed by atoms with van der Waals surface area (Å²) in [6.07, 6.45) is 1.09. The highest BCUT2D eigenvalue weighted by molar-refractivity contribution is 5.36. The number of anilines is 1. The van der Waals surface area contributed by atoms with Gasteiger partial charge in [0.25, 0.3) is 0 Å². The molecular weight excluding hydrogens is 289 g/mol. The molecule has 3 heterocycles. The molecule has 1 N–H and O–H groups in total. The number of aromatic nitrogens is 5. The van der Waals surface area contributed by atoms with Crippen LogP contribution in [0.1, 0.15) is 12.7 Å². The van der Waals surface area contributed by atoms with Crippen LogP contribution in [0.3, 0.4) is 0 Å². The van der Waals surface area contributed by atoms with Gasteiger partial charge in [0.1, 0.15) is 5.82 Å². The minimum Gasteiger partial charge on any atom is -0.338 e. The quantitative estimate of drug-likeness (QED) is 0.838. The Bertz CT molecular complexity index is 732. The summed E-state index contributed by atoms with van der Waals surface area (Å²) in [5, 5.41) is 7.33. The van der Waals surface area contributed by atoms with Crippen molar-refractivity contribution in [3.05, 3.63) is 28.3 Å². The molecule has 0 saturated carbocycles. The molecule has 3 rings (SSSR count). The van der Waals surface area contributed by atoms with E-state index >= 15 is 0 Å². The lowest BCUT2D eigenvalue weighted by Crippen LogP contribution is -2.44. The molecule has 9 heteroatoms. The largest absolute Gasteiger partial charge is 0.352 e. The van der Waals surface area contributed by atoms with Gasteiger partial charge < -0.3 is 10.2 Å². The number of rotatable bonds is 3. The Balaban J connectivity index is 2.05. The van der Waals surface area contributed by atoms with Gasteiger partial charge in [-0.1, -0.05) is 0 Å². The second kappa shape index (κ2) is 5.84. The molecule has 2 aromatic heterocycles. The number of nitrogens with one attached hydrogen (secondary N) is 1. The number of aryl methyl sites for hydroxylation is 1. The highest BCUT2D eigenvalue weighted by Gasteiger charge is 2.19. The lowest BCUT2D eigenvalue weighted by Gasteiger charge is -2.27. The van der Waals surface area contributed by atoms with Crippen molar-refractivity contribution in [2.75, 3.05) is 31.1 Å². The zero-order valence-electron chi connectivity index (χ0n) is 12.6. The van der Waals surface area contributed by atoms with E-state index < -0.39 is 11.5 Å². The number of hydrogen-bond donors (Lipinski definition) is 1. The molecule has 22 heavy (non-hydrogen) atoms. The van der Waals surface area contributed by atoms with Gasteiger partial charge in [-0.2, -0.15) is 9.67 Å². The van der Waals surface area contributed by atoms with Gasteiger partial charge in [0.05, 0.1) is 6.20 Å². The Morgan fingerprint density at radius 1 is 1.36 bits per heavy atom. The standard InChI is InChI=1S/C13H18FN7O/c1-3-20-9(2)18-21(13(20)22)11-10(14)8-16-12(17-11)19-6-4-15-5-7-19/h8,15H,3-7H2,1-2H3. The average molecular weight is 307 g/mol. The van der Waals surface area contributed by atoms with Gasteiger partial charge >= 0.3 is 5.69 Å². The van der Waals surface area contributed by atoms with E-state index in [2.05, 4.69) is 20.4 Å². The third-order valence-corrected chi connectivity index (χ3v) is 3.68. The first-order chi connectivity index (χ1) is 10.6. The van der Waals surface area contributed by atoms with E-state index in [-0.39, 0.29) is 5.82 Å². The molecule has 0 aromatic carbocycles. The molecule has 0 bridgehead atoms. The number of piperazine rings is 1. The molecule has 0 aliphatic carbocycles. The second-order valence-electron chi connectivity index (χ2n) is 5.06. The first kappa shape index (κ1) is 14.6. The molecule has 2 aromatic rings. The first-order valence-corrected chi connectivity index (χ1v) is 7.27. The topological polar surface area (TPSA) is 80.9 Å². The van der Waals surface area contributed by atoms with E-state index in [0.717, 1.165) is 37.1 Å². The summed E-state index contributed by atoms with van der Waals surface area (Å²) in [5.74, 6) is 0.160. The van der Waals surface area contributed by atoms with Crippen LogP contribution in [0, 0.1) is 12.7 Å². The fourth-order valence-corrected chi connectivity index (χ4v) is 2.51. The highest BCUT2D eigenvalue weighted by Crippen LogP contribution is 2.13. The average Bonchev–Trinajstić information content (AvgIpc) is 2.82. The summed E-state index contributed by atoms with van der Waals surface area (Å²) in [7, 11) is 0. The predicted octanol–water partition coefficient (Wildman–Crippen LogP) is -0.299. The fourth-order valence-electron chi connectivity index (χ4n) is 2.51. The summed E-state index contributed by atoms with van der Waals surface area (Å²) < 4.78 is 16.5. The van der Waals surface area contributed by atoms with Crippen LogP contribution in [-0.2, 0) is 6.54 Å². The molecular formula is C13H18FN7O. The van der Waals surface area contributed by atoms with Crippen molar-refractivity contribution in [1.29, 1.82) is 0 Å². The zero-order chi connectivity index (χ0) is 15.7. The predicted molar refractivity (Wildman–Crippen MR) is 78.9 cm³/mol. The van der Waals surface area contributed by atoms with Crippen LogP contribution >= 0.6 is 0 Å². The lowest BCUT2D eigenvalue weighted by atomic mass is 10.4. The molecule has 0 unspecified atom stereocenters. The number of halogens is 1. The Hall–Kier alpha value is -2.29. The van der Waals surface area contributed by atoms with E-state index in [9.17, 15) is 9.18 Å². The molecule has 118 valence electrons. The SMILES string of the molecule is CCn1c(C)nn(-c2nc(N3CCNCC3)ncc2F)c1=O. The Kier molecular flexibility index (Phi) is 3.88. The molecule has 1 aliphatic rings. The van der Waals surface area contributed by atoms with E-state index in [1.807, 2.05) is 11.8 Å². The van der Waals surface area contributed by atoms with E-state index in [4.69, 9.17) is 0 Å². The second-order valence-corrected chi connectivity index (χ2v) is 5.06. The van der Waals surface area contributed by atoms with Crippen molar-refractivity contribution in [2.45, 2.75) is 20.4 Å². The van der Waals surface area contributed by atoms with Crippen molar-refractivity contribution in [2.24, 2.45) is 0 Å². The van der Waals surface area contributed by atoms with Crippen molar-refractivity contribution in [3.8, 4) is 5.82 Å². The Labute approximate surface area is 126 Å². The minimum atomic E-state index is -0.665. The maximum absolute atomic E-state index is 14.1.